The first-order valence-corrected chi connectivity index (χ1v) is 7.54. The van der Waals surface area contributed by atoms with Gasteiger partial charge in [0.2, 0.25) is 0 Å². The van der Waals surface area contributed by atoms with E-state index in [1.165, 1.54) is 11.1 Å². The van der Waals surface area contributed by atoms with E-state index in [1.54, 1.807) is 23.5 Å². The van der Waals surface area contributed by atoms with Crippen LogP contribution < -0.4 is 10.6 Å². The zero-order valence-electron chi connectivity index (χ0n) is 12.0. The summed E-state index contributed by atoms with van der Waals surface area (Å²) in [4.78, 5) is 17.2. The number of aliphatic hydroxyl groups excluding tert-OH is 1. The van der Waals surface area contributed by atoms with Crippen LogP contribution in [0.25, 0.3) is 0 Å². The molecule has 0 aliphatic heterocycles. The molecule has 2 aromatic rings. The lowest BCUT2D eigenvalue weighted by Crippen LogP contribution is -2.38. The summed E-state index contributed by atoms with van der Waals surface area (Å²) in [5.41, 5.74) is 1.04. The van der Waals surface area contributed by atoms with E-state index >= 15 is 0 Å². The monoisotopic (exact) mass is 309 g/mol. The van der Waals surface area contributed by atoms with E-state index in [0.717, 1.165) is 10.7 Å². The van der Waals surface area contributed by atoms with Crippen LogP contribution in [0.1, 0.15) is 27.4 Å². The van der Waals surface area contributed by atoms with Crippen LogP contribution in [0.3, 0.4) is 0 Å². The summed E-state index contributed by atoms with van der Waals surface area (Å²) in [6.07, 6.45) is 1.35. The van der Waals surface area contributed by atoms with Gasteiger partial charge in [0.1, 0.15) is 11.9 Å². The van der Waals surface area contributed by atoms with Crippen LogP contribution in [0.5, 0.6) is 0 Å². The first kappa shape index (κ1) is 15.5. The van der Waals surface area contributed by atoms with Crippen LogP contribution in [0, 0.1) is 13.8 Å². The van der Waals surface area contributed by atoms with E-state index in [1.807, 2.05) is 13.8 Å². The molecule has 3 N–H and O–H groups in total. The van der Waals surface area contributed by atoms with Crippen LogP contribution >= 0.6 is 11.3 Å². The average Bonchev–Trinajstić information content (AvgIpc) is 3.07. The van der Waals surface area contributed by atoms with E-state index in [2.05, 4.69) is 15.6 Å². The zero-order chi connectivity index (χ0) is 15.2. The second-order valence-electron chi connectivity index (χ2n) is 4.67. The van der Waals surface area contributed by atoms with Gasteiger partial charge in [-0.1, -0.05) is 0 Å². The normalized spacial score (nSPS) is 12.1. The summed E-state index contributed by atoms with van der Waals surface area (Å²) in [7, 11) is 0. The Kier molecular flexibility index (Phi) is 5.35. The molecular weight excluding hydrogens is 290 g/mol. The summed E-state index contributed by atoms with van der Waals surface area (Å²) in [5.74, 6) is 0.434. The predicted octanol–water partition coefficient (Wildman–Crippen LogP) is 1.93. The number of aryl methyl sites for hydroxylation is 2. The SMILES string of the molecule is Cc1nc(CCNC(=O)NCC(O)c2ccco2)sc1C. The van der Waals surface area contributed by atoms with Crippen molar-refractivity contribution >= 4 is 17.4 Å². The van der Waals surface area contributed by atoms with Crippen molar-refractivity contribution in [3.63, 3.8) is 0 Å². The number of hydrogen-bond donors (Lipinski definition) is 3. The highest BCUT2D eigenvalue weighted by molar-refractivity contribution is 7.11. The standard InChI is InChI=1S/C14H19N3O3S/c1-9-10(2)21-13(17-9)5-6-15-14(19)16-8-11(18)12-4-3-7-20-12/h3-4,7,11,18H,5-6,8H2,1-2H3,(H2,15,16,19). The average molecular weight is 309 g/mol. The third kappa shape index (κ3) is 4.57. The number of hydrogen-bond acceptors (Lipinski definition) is 5. The molecule has 7 heteroatoms. The van der Waals surface area contributed by atoms with Crippen molar-refractivity contribution in [1.29, 1.82) is 0 Å². The van der Waals surface area contributed by atoms with E-state index in [-0.39, 0.29) is 12.6 Å². The lowest BCUT2D eigenvalue weighted by atomic mass is 10.3. The number of rotatable bonds is 6. The lowest BCUT2D eigenvalue weighted by molar-refractivity contribution is 0.148. The third-order valence-electron chi connectivity index (χ3n) is 3.02. The molecule has 0 fully saturated rings. The molecule has 0 radical (unpaired) electrons. The molecule has 2 amide bonds. The minimum absolute atomic E-state index is 0.106. The molecule has 2 rings (SSSR count). The topological polar surface area (TPSA) is 87.4 Å². The van der Waals surface area contributed by atoms with Crippen LogP contribution in [0.15, 0.2) is 22.8 Å². The highest BCUT2D eigenvalue weighted by Gasteiger charge is 2.11. The Morgan fingerprint density at radius 3 is 2.90 bits per heavy atom. The smallest absolute Gasteiger partial charge is 0.314 e. The largest absolute Gasteiger partial charge is 0.467 e. The van der Waals surface area contributed by atoms with Crippen molar-refractivity contribution in [2.24, 2.45) is 0 Å². The Balaban J connectivity index is 1.65. The quantitative estimate of drug-likeness (QED) is 0.761. The highest BCUT2D eigenvalue weighted by atomic mass is 32.1. The van der Waals surface area contributed by atoms with Crippen LogP contribution in [0.2, 0.25) is 0 Å². The fourth-order valence-electron chi connectivity index (χ4n) is 1.76. The van der Waals surface area contributed by atoms with Gasteiger partial charge in [-0.05, 0) is 26.0 Å². The van der Waals surface area contributed by atoms with Crippen LogP contribution in [-0.4, -0.2) is 29.2 Å². The molecule has 0 aliphatic carbocycles. The van der Waals surface area contributed by atoms with E-state index in [9.17, 15) is 9.90 Å². The second kappa shape index (κ2) is 7.24. The molecule has 0 saturated carbocycles. The number of furan rings is 1. The number of carbonyl (C=O) groups is 1. The van der Waals surface area contributed by atoms with Gasteiger partial charge in [0.15, 0.2) is 0 Å². The van der Waals surface area contributed by atoms with Gasteiger partial charge < -0.3 is 20.2 Å². The van der Waals surface area contributed by atoms with Gasteiger partial charge in [0, 0.05) is 17.8 Å². The van der Waals surface area contributed by atoms with Gasteiger partial charge in [0.25, 0.3) is 0 Å². The molecule has 2 heterocycles. The molecule has 0 spiro atoms. The molecule has 0 saturated heterocycles. The summed E-state index contributed by atoms with van der Waals surface area (Å²) >= 11 is 1.65. The number of carbonyl (C=O) groups excluding carboxylic acids is 1. The molecule has 6 nitrogen and oxygen atoms in total. The number of nitrogens with one attached hydrogen (secondary N) is 2. The molecule has 1 unspecified atom stereocenters. The van der Waals surface area contributed by atoms with Crippen molar-refractivity contribution < 1.29 is 14.3 Å². The fraction of sp³-hybridized carbons (Fsp3) is 0.429. The molecule has 21 heavy (non-hydrogen) atoms. The number of aliphatic hydroxyl groups is 1. The maximum Gasteiger partial charge on any atom is 0.314 e. The zero-order valence-corrected chi connectivity index (χ0v) is 12.9. The maximum atomic E-state index is 11.6. The number of urea groups is 1. The molecular formula is C14H19N3O3S. The second-order valence-corrected chi connectivity index (χ2v) is 5.95. The Morgan fingerprint density at radius 1 is 1.48 bits per heavy atom. The molecule has 0 aliphatic rings. The molecule has 114 valence electrons. The van der Waals surface area contributed by atoms with Crippen molar-refractivity contribution in [2.45, 2.75) is 26.4 Å². The van der Waals surface area contributed by atoms with E-state index in [0.29, 0.717) is 18.7 Å². The number of thiazole rings is 1. The van der Waals surface area contributed by atoms with Crippen LogP contribution in [-0.2, 0) is 6.42 Å². The summed E-state index contributed by atoms with van der Waals surface area (Å²) in [6.45, 7) is 4.63. The lowest BCUT2D eigenvalue weighted by Gasteiger charge is -2.10. The molecule has 0 bridgehead atoms. The summed E-state index contributed by atoms with van der Waals surface area (Å²) < 4.78 is 5.05. The van der Waals surface area contributed by atoms with Gasteiger partial charge in [-0.15, -0.1) is 11.3 Å². The predicted molar refractivity (Wildman–Crippen MR) is 80.4 cm³/mol. The van der Waals surface area contributed by atoms with Gasteiger partial charge in [0.05, 0.1) is 23.5 Å². The minimum Gasteiger partial charge on any atom is -0.467 e. The van der Waals surface area contributed by atoms with Gasteiger partial charge in [-0.3, -0.25) is 0 Å². The minimum atomic E-state index is -0.838. The Bertz CT molecular complexity index is 561. The van der Waals surface area contributed by atoms with Crippen molar-refractivity contribution in [3.05, 3.63) is 39.7 Å². The summed E-state index contributed by atoms with van der Waals surface area (Å²) in [6, 6.07) is 3.04. The van der Waals surface area contributed by atoms with Gasteiger partial charge in [-0.2, -0.15) is 0 Å². The van der Waals surface area contributed by atoms with Gasteiger partial charge in [-0.25, -0.2) is 9.78 Å². The van der Waals surface area contributed by atoms with E-state index in [4.69, 9.17) is 4.42 Å². The first-order valence-electron chi connectivity index (χ1n) is 6.72. The van der Waals surface area contributed by atoms with Crippen molar-refractivity contribution in [1.82, 2.24) is 15.6 Å². The van der Waals surface area contributed by atoms with E-state index < -0.39 is 6.10 Å². The summed E-state index contributed by atoms with van der Waals surface area (Å²) in [5, 5.41) is 16.1. The van der Waals surface area contributed by atoms with Crippen molar-refractivity contribution in [3.8, 4) is 0 Å². The Morgan fingerprint density at radius 2 is 2.29 bits per heavy atom. The number of amides is 2. The van der Waals surface area contributed by atoms with Crippen LogP contribution in [0.4, 0.5) is 4.79 Å². The molecule has 0 aromatic carbocycles. The fourth-order valence-corrected chi connectivity index (χ4v) is 2.70. The Hall–Kier alpha value is -1.86. The van der Waals surface area contributed by atoms with Crippen molar-refractivity contribution in [2.75, 3.05) is 13.1 Å². The van der Waals surface area contributed by atoms with Gasteiger partial charge >= 0.3 is 6.03 Å². The molecule has 1 atom stereocenters. The first-order chi connectivity index (χ1) is 10.1. The molecule has 2 aromatic heterocycles. The number of aromatic nitrogens is 1. The third-order valence-corrected chi connectivity index (χ3v) is 4.16. The highest BCUT2D eigenvalue weighted by Crippen LogP contribution is 2.16. The Labute approximate surface area is 127 Å². The number of nitrogens with zero attached hydrogens (tertiary/aromatic N) is 1. The maximum absolute atomic E-state index is 11.6.